The monoisotopic (exact) mass is 338 g/mol. The van der Waals surface area contributed by atoms with Crippen molar-refractivity contribution in [3.63, 3.8) is 0 Å². The molecule has 23 heavy (non-hydrogen) atoms. The fourth-order valence-electron chi connectivity index (χ4n) is 2.83. The van der Waals surface area contributed by atoms with E-state index in [1.807, 2.05) is 30.3 Å². The summed E-state index contributed by atoms with van der Waals surface area (Å²) >= 11 is 0. The first-order valence-electron chi connectivity index (χ1n) is 7.17. The Morgan fingerprint density at radius 1 is 1.26 bits per heavy atom. The summed E-state index contributed by atoms with van der Waals surface area (Å²) in [6, 6.07) is 13.9. The van der Waals surface area contributed by atoms with E-state index in [-0.39, 0.29) is 24.8 Å². The molecule has 1 aliphatic heterocycles. The summed E-state index contributed by atoms with van der Waals surface area (Å²) in [6.45, 7) is 2.01. The Bertz CT molecular complexity index is 671. The lowest BCUT2D eigenvalue weighted by atomic mass is 9.89. The van der Waals surface area contributed by atoms with Crippen LogP contribution in [0.4, 0.5) is 10.1 Å². The van der Waals surface area contributed by atoms with Gasteiger partial charge in [-0.2, -0.15) is 0 Å². The van der Waals surface area contributed by atoms with Crippen molar-refractivity contribution >= 4 is 18.1 Å². The third-order valence-electron chi connectivity index (χ3n) is 4.02. The summed E-state index contributed by atoms with van der Waals surface area (Å²) in [5.41, 5.74) is 6.64. The average Bonchev–Trinajstić information content (AvgIpc) is 2.50. The molecule has 1 fully saturated rings. The van der Waals surface area contributed by atoms with Gasteiger partial charge in [-0.05, 0) is 30.7 Å². The van der Waals surface area contributed by atoms with Crippen LogP contribution in [-0.4, -0.2) is 17.9 Å². The maximum atomic E-state index is 14.1. The van der Waals surface area contributed by atoms with Crippen LogP contribution < -0.4 is 11.1 Å². The van der Waals surface area contributed by atoms with Crippen LogP contribution >= 0.6 is 12.4 Å². The molecule has 0 saturated carbocycles. The first-order valence-corrected chi connectivity index (χ1v) is 7.17. The van der Waals surface area contributed by atoms with Crippen LogP contribution in [-0.2, 0) is 10.3 Å². The lowest BCUT2D eigenvalue weighted by Gasteiger charge is -2.42. The average molecular weight is 339 g/mol. The maximum absolute atomic E-state index is 14.1. The van der Waals surface area contributed by atoms with Gasteiger partial charge in [-0.1, -0.05) is 30.3 Å². The van der Waals surface area contributed by atoms with E-state index in [1.54, 1.807) is 13.0 Å². The topological polar surface area (TPSA) is 67.5 Å². The van der Waals surface area contributed by atoms with Gasteiger partial charge in [0.2, 0.25) is 0 Å². The van der Waals surface area contributed by atoms with Crippen LogP contribution in [0.5, 0.6) is 0 Å². The highest BCUT2D eigenvalue weighted by Crippen LogP contribution is 2.34. The Balaban J connectivity index is 0.00000192. The number of aliphatic hydroxyl groups excluding tert-OH is 1. The molecule has 4 nitrogen and oxygen atoms in total. The van der Waals surface area contributed by atoms with Crippen molar-refractivity contribution in [3.05, 3.63) is 65.5 Å². The molecule has 0 radical (unpaired) electrons. The summed E-state index contributed by atoms with van der Waals surface area (Å²) in [5, 5.41) is 13.5. The quantitative estimate of drug-likeness (QED) is 0.737. The number of hydrogen-bond acceptors (Lipinski definition) is 4. The van der Waals surface area contributed by atoms with E-state index in [0.29, 0.717) is 11.3 Å². The Hall–Kier alpha value is -1.66. The number of nitrogen functional groups attached to an aromatic ring is 1. The molecule has 1 heterocycles. The van der Waals surface area contributed by atoms with Gasteiger partial charge >= 0.3 is 0 Å². The molecule has 0 spiro atoms. The van der Waals surface area contributed by atoms with E-state index in [9.17, 15) is 9.50 Å². The Kier molecular flexibility index (Phi) is 5.26. The largest absolute Gasteiger partial charge is 0.399 e. The summed E-state index contributed by atoms with van der Waals surface area (Å²) in [5.74, 6) is -0.377. The Morgan fingerprint density at radius 3 is 2.61 bits per heavy atom. The van der Waals surface area contributed by atoms with Gasteiger partial charge in [0.25, 0.3) is 0 Å². The molecule has 2 aromatic carbocycles. The first-order chi connectivity index (χ1) is 10.5. The van der Waals surface area contributed by atoms with Crippen LogP contribution in [0.25, 0.3) is 0 Å². The summed E-state index contributed by atoms with van der Waals surface area (Å²) < 4.78 is 19.9. The smallest absolute Gasteiger partial charge is 0.136 e. The molecule has 3 unspecified atom stereocenters. The number of aliphatic hydroxyl groups is 1. The van der Waals surface area contributed by atoms with Crippen molar-refractivity contribution in [2.24, 2.45) is 0 Å². The minimum absolute atomic E-state index is 0. The van der Waals surface area contributed by atoms with E-state index in [1.165, 1.54) is 12.1 Å². The van der Waals surface area contributed by atoms with Gasteiger partial charge in [0.05, 0.1) is 12.1 Å². The predicted molar refractivity (Wildman–Crippen MR) is 89.7 cm³/mol. The van der Waals surface area contributed by atoms with Gasteiger partial charge in [-0.15, -0.1) is 12.4 Å². The number of nitrogens with one attached hydrogen (secondary N) is 1. The second kappa shape index (κ2) is 6.84. The zero-order valence-corrected chi connectivity index (χ0v) is 13.5. The molecule has 2 aromatic rings. The van der Waals surface area contributed by atoms with E-state index in [0.717, 1.165) is 5.56 Å². The van der Waals surface area contributed by atoms with Crippen molar-refractivity contribution < 1.29 is 14.2 Å². The number of nitrogens with two attached hydrogens (primary N) is 1. The molecule has 0 bridgehead atoms. The van der Waals surface area contributed by atoms with Crippen LogP contribution in [0.2, 0.25) is 0 Å². The molecular formula is C17H20ClFN2O2. The second-order valence-electron chi connectivity index (χ2n) is 5.80. The highest BCUT2D eigenvalue weighted by molar-refractivity contribution is 5.85. The van der Waals surface area contributed by atoms with Gasteiger partial charge in [-0.3, -0.25) is 5.32 Å². The lowest BCUT2D eigenvalue weighted by Crippen LogP contribution is -2.56. The van der Waals surface area contributed by atoms with Gasteiger partial charge < -0.3 is 15.6 Å². The summed E-state index contributed by atoms with van der Waals surface area (Å²) in [4.78, 5) is 0. The minimum atomic E-state index is -0.943. The molecule has 4 N–H and O–H groups in total. The summed E-state index contributed by atoms with van der Waals surface area (Å²) in [6.07, 6.45) is -1.43. The molecule has 124 valence electrons. The van der Waals surface area contributed by atoms with Crippen LogP contribution in [0.3, 0.4) is 0 Å². The highest BCUT2D eigenvalue weighted by Gasteiger charge is 2.40. The number of rotatable bonds is 2. The van der Waals surface area contributed by atoms with Crippen molar-refractivity contribution in [1.29, 1.82) is 0 Å². The highest BCUT2D eigenvalue weighted by atomic mass is 35.5. The predicted octanol–water partition coefficient (Wildman–Crippen LogP) is 2.72. The third kappa shape index (κ3) is 3.48. The van der Waals surface area contributed by atoms with E-state index in [4.69, 9.17) is 10.5 Å². The van der Waals surface area contributed by atoms with Gasteiger partial charge in [0.15, 0.2) is 0 Å². The second-order valence-corrected chi connectivity index (χ2v) is 5.80. The van der Waals surface area contributed by atoms with Crippen molar-refractivity contribution in [3.8, 4) is 0 Å². The number of anilines is 1. The normalized spacial score (nSPS) is 27.3. The van der Waals surface area contributed by atoms with Crippen molar-refractivity contribution in [2.45, 2.75) is 24.8 Å². The van der Waals surface area contributed by atoms with Crippen molar-refractivity contribution in [2.75, 3.05) is 12.3 Å². The lowest BCUT2D eigenvalue weighted by molar-refractivity contribution is -0.130. The number of hydrogen-bond donors (Lipinski definition) is 3. The van der Waals surface area contributed by atoms with Crippen LogP contribution in [0, 0.1) is 5.82 Å². The third-order valence-corrected chi connectivity index (χ3v) is 4.02. The zero-order chi connectivity index (χ0) is 15.7. The van der Waals surface area contributed by atoms with Crippen molar-refractivity contribution in [1.82, 2.24) is 5.32 Å². The molecule has 1 aliphatic rings. The molecular weight excluding hydrogens is 319 g/mol. The van der Waals surface area contributed by atoms with Crippen LogP contribution in [0.15, 0.2) is 48.5 Å². The van der Waals surface area contributed by atoms with E-state index >= 15 is 0 Å². The fourth-order valence-corrected chi connectivity index (χ4v) is 2.83. The zero-order valence-electron chi connectivity index (χ0n) is 12.7. The number of benzene rings is 2. The van der Waals surface area contributed by atoms with Gasteiger partial charge in [-0.25, -0.2) is 4.39 Å². The molecule has 0 amide bonds. The number of ether oxygens (including phenoxy) is 1. The fraction of sp³-hybridized carbons (Fsp3) is 0.294. The first kappa shape index (κ1) is 17.7. The summed E-state index contributed by atoms with van der Waals surface area (Å²) in [7, 11) is 0. The molecule has 1 saturated heterocycles. The molecule has 0 aromatic heterocycles. The number of halogens is 2. The molecule has 6 heteroatoms. The molecule has 3 rings (SSSR count). The SMILES string of the molecule is CC1(c2cc(N)ccc2F)COC(c2ccccc2)C(O)N1.Cl. The maximum Gasteiger partial charge on any atom is 0.136 e. The van der Waals surface area contributed by atoms with Gasteiger partial charge in [0.1, 0.15) is 18.1 Å². The standard InChI is InChI=1S/C17H19FN2O2.ClH/c1-17(13-9-12(19)7-8-14(13)18)10-22-15(16(21)20-17)11-5-3-2-4-6-11;/h2-9,15-16,20-21H,10,19H2,1H3;1H. The molecule has 0 aliphatic carbocycles. The van der Waals surface area contributed by atoms with Crippen LogP contribution in [0.1, 0.15) is 24.2 Å². The molecule has 3 atom stereocenters. The Labute approximate surface area is 140 Å². The van der Waals surface area contributed by atoms with E-state index < -0.39 is 17.9 Å². The van der Waals surface area contributed by atoms with Gasteiger partial charge in [0, 0.05) is 11.3 Å². The minimum Gasteiger partial charge on any atom is -0.399 e. The number of morpholine rings is 1. The van der Waals surface area contributed by atoms with E-state index in [2.05, 4.69) is 5.32 Å². The Morgan fingerprint density at radius 2 is 1.96 bits per heavy atom.